The lowest BCUT2D eigenvalue weighted by Crippen LogP contribution is -2.45. The van der Waals surface area contributed by atoms with Crippen LogP contribution in [0.4, 0.5) is 0 Å². The van der Waals surface area contributed by atoms with Crippen LogP contribution < -0.4 is 11.1 Å². The Morgan fingerprint density at radius 2 is 2.28 bits per heavy atom. The van der Waals surface area contributed by atoms with Gasteiger partial charge in [0.1, 0.15) is 5.76 Å². The lowest BCUT2D eigenvalue weighted by Gasteiger charge is -2.16. The molecule has 0 radical (unpaired) electrons. The van der Waals surface area contributed by atoms with Gasteiger partial charge in [-0.2, -0.15) is 0 Å². The SMILES string of the molecule is CC(Cc1ccco1)NC(=O)C(N)CCC(=O)O. The molecule has 1 amide bonds. The largest absolute Gasteiger partial charge is 0.481 e. The highest BCUT2D eigenvalue weighted by Crippen LogP contribution is 2.04. The minimum atomic E-state index is -0.957. The van der Waals surface area contributed by atoms with E-state index in [-0.39, 0.29) is 24.8 Å². The molecule has 0 fully saturated rings. The zero-order valence-electron chi connectivity index (χ0n) is 10.3. The molecule has 0 aromatic carbocycles. The van der Waals surface area contributed by atoms with Crippen molar-refractivity contribution in [2.75, 3.05) is 0 Å². The summed E-state index contributed by atoms with van der Waals surface area (Å²) in [7, 11) is 0. The van der Waals surface area contributed by atoms with E-state index < -0.39 is 12.0 Å². The molecule has 0 aliphatic carbocycles. The molecule has 1 heterocycles. The van der Waals surface area contributed by atoms with Gasteiger partial charge in [0.2, 0.25) is 5.91 Å². The van der Waals surface area contributed by atoms with Crippen LogP contribution in [0.2, 0.25) is 0 Å². The van der Waals surface area contributed by atoms with Crippen molar-refractivity contribution in [2.45, 2.75) is 38.3 Å². The molecule has 2 unspecified atom stereocenters. The molecule has 1 rings (SSSR count). The number of carbonyl (C=O) groups excluding carboxylic acids is 1. The summed E-state index contributed by atoms with van der Waals surface area (Å²) >= 11 is 0. The third kappa shape index (κ3) is 5.01. The van der Waals surface area contributed by atoms with Gasteiger partial charge in [0.05, 0.1) is 12.3 Å². The second kappa shape index (κ2) is 6.80. The van der Waals surface area contributed by atoms with Crippen molar-refractivity contribution in [2.24, 2.45) is 5.73 Å². The van der Waals surface area contributed by atoms with E-state index in [0.29, 0.717) is 6.42 Å². The van der Waals surface area contributed by atoms with E-state index in [1.807, 2.05) is 13.0 Å². The molecule has 18 heavy (non-hydrogen) atoms. The van der Waals surface area contributed by atoms with Crippen LogP contribution in [-0.4, -0.2) is 29.1 Å². The highest BCUT2D eigenvalue weighted by atomic mass is 16.4. The molecule has 0 aliphatic heterocycles. The Balaban J connectivity index is 2.32. The van der Waals surface area contributed by atoms with Gasteiger partial charge in [-0.25, -0.2) is 0 Å². The number of hydrogen-bond donors (Lipinski definition) is 3. The van der Waals surface area contributed by atoms with Gasteiger partial charge in [-0.05, 0) is 25.5 Å². The average molecular weight is 254 g/mol. The Hall–Kier alpha value is -1.82. The fourth-order valence-electron chi connectivity index (χ4n) is 1.54. The number of nitrogens with one attached hydrogen (secondary N) is 1. The minimum Gasteiger partial charge on any atom is -0.481 e. The normalized spacial score (nSPS) is 13.9. The first-order chi connectivity index (χ1) is 8.49. The second-order valence-corrected chi connectivity index (χ2v) is 4.23. The van der Waals surface area contributed by atoms with Crippen LogP contribution >= 0.6 is 0 Å². The van der Waals surface area contributed by atoms with Gasteiger partial charge >= 0.3 is 5.97 Å². The van der Waals surface area contributed by atoms with Crippen molar-refractivity contribution < 1.29 is 19.1 Å². The van der Waals surface area contributed by atoms with E-state index in [2.05, 4.69) is 5.32 Å². The van der Waals surface area contributed by atoms with Crippen molar-refractivity contribution in [3.8, 4) is 0 Å². The van der Waals surface area contributed by atoms with Gasteiger partial charge in [0, 0.05) is 18.9 Å². The molecular weight excluding hydrogens is 236 g/mol. The van der Waals surface area contributed by atoms with Crippen LogP contribution in [0.1, 0.15) is 25.5 Å². The average Bonchev–Trinajstić information content (AvgIpc) is 2.78. The standard InChI is InChI=1S/C12H18N2O4/c1-8(7-9-3-2-6-18-9)14-12(17)10(13)4-5-11(15)16/h2-3,6,8,10H,4-5,7,13H2,1H3,(H,14,17)(H,15,16). The third-order valence-corrected chi connectivity index (χ3v) is 2.48. The lowest BCUT2D eigenvalue weighted by molar-refractivity contribution is -0.137. The summed E-state index contributed by atoms with van der Waals surface area (Å²) < 4.78 is 5.16. The van der Waals surface area contributed by atoms with Crippen LogP contribution in [0.15, 0.2) is 22.8 Å². The summed E-state index contributed by atoms with van der Waals surface area (Å²) in [5, 5.41) is 11.2. The maximum absolute atomic E-state index is 11.6. The van der Waals surface area contributed by atoms with Crippen LogP contribution in [0.3, 0.4) is 0 Å². The first kappa shape index (κ1) is 14.2. The van der Waals surface area contributed by atoms with Gasteiger partial charge in [-0.3, -0.25) is 9.59 Å². The summed E-state index contributed by atoms with van der Waals surface area (Å²) in [5.41, 5.74) is 5.59. The molecule has 6 nitrogen and oxygen atoms in total. The van der Waals surface area contributed by atoms with Crippen molar-refractivity contribution in [1.82, 2.24) is 5.32 Å². The number of nitrogens with two attached hydrogens (primary N) is 1. The first-order valence-electron chi connectivity index (χ1n) is 5.79. The van der Waals surface area contributed by atoms with E-state index in [1.54, 1.807) is 12.3 Å². The van der Waals surface area contributed by atoms with Gasteiger partial charge in [-0.15, -0.1) is 0 Å². The summed E-state index contributed by atoms with van der Waals surface area (Å²) in [4.78, 5) is 22.0. The number of furan rings is 1. The monoisotopic (exact) mass is 254 g/mol. The second-order valence-electron chi connectivity index (χ2n) is 4.23. The van der Waals surface area contributed by atoms with E-state index in [1.165, 1.54) is 0 Å². The van der Waals surface area contributed by atoms with Gasteiger partial charge in [0.15, 0.2) is 0 Å². The Morgan fingerprint density at radius 1 is 1.56 bits per heavy atom. The Morgan fingerprint density at radius 3 is 2.83 bits per heavy atom. The highest BCUT2D eigenvalue weighted by Gasteiger charge is 2.17. The molecule has 1 aromatic heterocycles. The fraction of sp³-hybridized carbons (Fsp3) is 0.500. The lowest BCUT2D eigenvalue weighted by atomic mass is 10.1. The molecule has 6 heteroatoms. The summed E-state index contributed by atoms with van der Waals surface area (Å²) in [6.45, 7) is 1.84. The number of carboxylic acids is 1. The van der Waals surface area contributed by atoms with Gasteiger partial charge in [-0.1, -0.05) is 0 Å². The smallest absolute Gasteiger partial charge is 0.303 e. The van der Waals surface area contributed by atoms with Crippen LogP contribution in [0.25, 0.3) is 0 Å². The van der Waals surface area contributed by atoms with E-state index in [0.717, 1.165) is 5.76 Å². The first-order valence-corrected chi connectivity index (χ1v) is 5.79. The summed E-state index contributed by atoms with van der Waals surface area (Å²) in [5.74, 6) is -0.515. The van der Waals surface area contributed by atoms with Crippen LogP contribution in [-0.2, 0) is 16.0 Å². The highest BCUT2D eigenvalue weighted by molar-refractivity contribution is 5.82. The zero-order chi connectivity index (χ0) is 13.5. The molecule has 2 atom stereocenters. The number of carboxylic acid groups (broad SMARTS) is 1. The number of carbonyl (C=O) groups is 2. The number of amides is 1. The number of rotatable bonds is 7. The van der Waals surface area contributed by atoms with E-state index >= 15 is 0 Å². The summed E-state index contributed by atoms with van der Waals surface area (Å²) in [6.07, 6.45) is 2.17. The fourth-order valence-corrected chi connectivity index (χ4v) is 1.54. The van der Waals surface area contributed by atoms with E-state index in [9.17, 15) is 9.59 Å². The quantitative estimate of drug-likeness (QED) is 0.657. The Labute approximate surface area is 105 Å². The summed E-state index contributed by atoms with van der Waals surface area (Å²) in [6, 6.07) is 2.70. The van der Waals surface area contributed by atoms with Crippen LogP contribution in [0.5, 0.6) is 0 Å². The van der Waals surface area contributed by atoms with Crippen LogP contribution in [0, 0.1) is 0 Å². The van der Waals surface area contributed by atoms with Crippen molar-refractivity contribution in [3.63, 3.8) is 0 Å². The molecule has 0 bridgehead atoms. The van der Waals surface area contributed by atoms with E-state index in [4.69, 9.17) is 15.3 Å². The topological polar surface area (TPSA) is 106 Å². The predicted octanol–water partition coefficient (Wildman–Crippen LogP) is 0.519. The maximum atomic E-state index is 11.6. The van der Waals surface area contributed by atoms with Crippen molar-refractivity contribution in [1.29, 1.82) is 0 Å². The minimum absolute atomic E-state index is 0.110. The molecule has 100 valence electrons. The van der Waals surface area contributed by atoms with Crippen molar-refractivity contribution >= 4 is 11.9 Å². The van der Waals surface area contributed by atoms with Crippen molar-refractivity contribution in [3.05, 3.63) is 24.2 Å². The molecule has 0 spiro atoms. The maximum Gasteiger partial charge on any atom is 0.303 e. The molecule has 4 N–H and O–H groups in total. The Kier molecular flexibility index (Phi) is 5.38. The van der Waals surface area contributed by atoms with Gasteiger partial charge in [0.25, 0.3) is 0 Å². The number of aliphatic carboxylic acids is 1. The molecule has 0 aliphatic rings. The number of hydrogen-bond acceptors (Lipinski definition) is 4. The molecule has 1 aromatic rings. The molecule has 0 saturated heterocycles. The van der Waals surface area contributed by atoms with Gasteiger partial charge < -0.3 is 20.6 Å². The predicted molar refractivity (Wildman–Crippen MR) is 64.9 cm³/mol. The Bertz CT molecular complexity index is 389. The zero-order valence-corrected chi connectivity index (χ0v) is 10.3. The third-order valence-electron chi connectivity index (χ3n) is 2.48. The molecular formula is C12H18N2O4. The molecule has 0 saturated carbocycles.